The second-order valence-electron chi connectivity index (χ2n) is 2.03. The van der Waals surface area contributed by atoms with Crippen LogP contribution in [0.1, 0.15) is 5.56 Å². The molecule has 0 heterocycles. The van der Waals surface area contributed by atoms with E-state index in [-0.39, 0.29) is 0 Å². The smallest absolute Gasteiger partial charge is 0.0444 e. The summed E-state index contributed by atoms with van der Waals surface area (Å²) >= 11 is 10.0. The Morgan fingerprint density at radius 3 is 2.60 bits per heavy atom. The van der Waals surface area contributed by atoms with Gasteiger partial charge in [0.15, 0.2) is 0 Å². The van der Waals surface area contributed by atoms with Crippen LogP contribution in [-0.4, -0.2) is 0 Å². The molecule has 10 heavy (non-hydrogen) atoms. The van der Waals surface area contributed by atoms with Gasteiger partial charge in [-0.25, -0.2) is 0 Å². The second-order valence-corrected chi connectivity index (χ2v) is 4.43. The van der Waals surface area contributed by atoms with Gasteiger partial charge in [-0.2, -0.15) is 0 Å². The molecule has 1 aromatic carbocycles. The summed E-state index contributed by atoms with van der Waals surface area (Å²) in [6.45, 7) is 2.04. The molecule has 0 saturated carbocycles. The monoisotopic (exact) mass is 328 g/mol. The predicted octanol–water partition coefficient (Wildman–Crippen LogP) is 3.65. The third kappa shape index (κ3) is 1.68. The molecular weight excluding hydrogens is 323 g/mol. The minimum Gasteiger partial charge on any atom is -0.142 e. The molecule has 0 aliphatic heterocycles. The van der Waals surface area contributed by atoms with E-state index in [0.717, 1.165) is 9.37 Å². The van der Waals surface area contributed by atoms with Crippen LogP contribution in [0, 0.1) is 10.5 Å². The van der Waals surface area contributed by atoms with Crippen LogP contribution in [0.15, 0.2) is 21.5 Å². The highest BCUT2D eigenvalue weighted by Gasteiger charge is 2.01. The Hall–Kier alpha value is 0.780. The van der Waals surface area contributed by atoms with Crippen LogP contribution in [0.25, 0.3) is 0 Å². The second kappa shape index (κ2) is 3.45. The fourth-order valence-electron chi connectivity index (χ4n) is 0.636. The Labute approximate surface area is 88.1 Å². The summed E-state index contributed by atoms with van der Waals surface area (Å²) in [5.74, 6) is 0. The zero-order valence-corrected chi connectivity index (χ0v) is 10.00. The summed E-state index contributed by atoms with van der Waals surface area (Å²) in [7, 11) is 0. The van der Waals surface area contributed by atoms with E-state index >= 15 is 0 Å². The van der Waals surface area contributed by atoms with Gasteiger partial charge in [-0.15, -0.1) is 12.6 Å². The summed E-state index contributed by atoms with van der Waals surface area (Å²) in [6.07, 6.45) is 0. The largest absolute Gasteiger partial charge is 0.142 e. The van der Waals surface area contributed by atoms with Gasteiger partial charge in [0.25, 0.3) is 0 Å². The lowest BCUT2D eigenvalue weighted by Gasteiger charge is -2.02. The molecule has 0 aliphatic carbocycles. The highest BCUT2D eigenvalue weighted by Crippen LogP contribution is 2.28. The lowest BCUT2D eigenvalue weighted by Crippen LogP contribution is -1.80. The number of hydrogen-bond acceptors (Lipinski definition) is 1. The lowest BCUT2D eigenvalue weighted by atomic mass is 10.2. The maximum absolute atomic E-state index is 4.33. The van der Waals surface area contributed by atoms with Crippen molar-refractivity contribution in [3.63, 3.8) is 0 Å². The molecule has 1 rings (SSSR count). The van der Waals surface area contributed by atoms with E-state index in [1.165, 1.54) is 9.13 Å². The van der Waals surface area contributed by atoms with E-state index in [1.807, 2.05) is 6.92 Å². The van der Waals surface area contributed by atoms with Crippen molar-refractivity contribution in [3.8, 4) is 0 Å². The summed E-state index contributed by atoms with van der Waals surface area (Å²) in [4.78, 5) is 1.03. The van der Waals surface area contributed by atoms with Crippen LogP contribution in [-0.2, 0) is 0 Å². The lowest BCUT2D eigenvalue weighted by molar-refractivity contribution is 1.26. The first-order chi connectivity index (χ1) is 4.63. The van der Waals surface area contributed by atoms with Crippen molar-refractivity contribution in [2.45, 2.75) is 11.8 Å². The van der Waals surface area contributed by atoms with Crippen molar-refractivity contribution in [2.75, 3.05) is 0 Å². The summed E-state index contributed by atoms with van der Waals surface area (Å²) in [5, 5.41) is 0. The number of rotatable bonds is 0. The number of halogens is 2. The first-order valence-electron chi connectivity index (χ1n) is 2.76. The van der Waals surface area contributed by atoms with Gasteiger partial charge in [-0.3, -0.25) is 0 Å². The number of thiol groups is 1. The fourth-order valence-corrected chi connectivity index (χ4v) is 1.94. The molecule has 0 spiro atoms. The molecule has 0 unspecified atom stereocenters. The molecule has 0 radical (unpaired) electrons. The average Bonchev–Trinajstić information content (AvgIpc) is 1.93. The quantitative estimate of drug-likeness (QED) is 0.545. The topological polar surface area (TPSA) is 0 Å². The molecule has 3 heteroatoms. The first-order valence-corrected chi connectivity index (χ1v) is 5.08. The molecule has 0 aromatic heterocycles. The van der Waals surface area contributed by atoms with E-state index < -0.39 is 0 Å². The third-order valence-electron chi connectivity index (χ3n) is 1.27. The predicted molar refractivity (Wildman–Crippen MR) is 58.8 cm³/mol. The zero-order valence-electron chi connectivity index (χ0n) is 5.36. The van der Waals surface area contributed by atoms with Crippen LogP contribution >= 0.6 is 51.1 Å². The van der Waals surface area contributed by atoms with Crippen molar-refractivity contribution < 1.29 is 0 Å². The molecule has 0 N–H and O–H groups in total. The van der Waals surface area contributed by atoms with E-state index in [1.54, 1.807) is 0 Å². The van der Waals surface area contributed by atoms with Gasteiger partial charge in [0.2, 0.25) is 0 Å². The number of benzene rings is 1. The van der Waals surface area contributed by atoms with Crippen molar-refractivity contribution in [3.05, 3.63) is 25.7 Å². The Morgan fingerprint density at radius 1 is 1.50 bits per heavy atom. The first kappa shape index (κ1) is 8.87. The van der Waals surface area contributed by atoms with Crippen molar-refractivity contribution in [1.82, 2.24) is 0 Å². The van der Waals surface area contributed by atoms with Crippen LogP contribution in [0.4, 0.5) is 0 Å². The van der Waals surface area contributed by atoms with Gasteiger partial charge < -0.3 is 0 Å². The molecule has 1 aromatic rings. The van der Waals surface area contributed by atoms with E-state index in [4.69, 9.17) is 0 Å². The van der Waals surface area contributed by atoms with Gasteiger partial charge in [0.1, 0.15) is 0 Å². The molecular formula is C7H6BrIS. The number of hydrogen-bond donors (Lipinski definition) is 1. The maximum Gasteiger partial charge on any atom is 0.0444 e. The number of aryl methyl sites for hydroxylation is 1. The van der Waals surface area contributed by atoms with Gasteiger partial charge in [-0.1, -0.05) is 6.07 Å². The maximum atomic E-state index is 4.33. The Balaban J connectivity index is 3.34. The van der Waals surface area contributed by atoms with Crippen molar-refractivity contribution >= 4 is 51.1 Å². The molecule has 0 saturated heterocycles. The standard InChI is InChI=1S/C7H6BrIS/c1-4-2-3-5(9)6(8)7(4)10/h2-3,10H,1H3. The van der Waals surface area contributed by atoms with E-state index in [2.05, 4.69) is 63.3 Å². The normalized spacial score (nSPS) is 10.0. The van der Waals surface area contributed by atoms with E-state index in [9.17, 15) is 0 Å². The van der Waals surface area contributed by atoms with Crippen molar-refractivity contribution in [1.29, 1.82) is 0 Å². The molecule has 0 atom stereocenters. The van der Waals surface area contributed by atoms with Crippen LogP contribution in [0.3, 0.4) is 0 Å². The average molecular weight is 329 g/mol. The van der Waals surface area contributed by atoms with E-state index in [0.29, 0.717) is 0 Å². The van der Waals surface area contributed by atoms with Gasteiger partial charge in [0.05, 0.1) is 0 Å². The Morgan fingerprint density at radius 2 is 2.10 bits per heavy atom. The third-order valence-corrected chi connectivity index (χ3v) is 4.62. The minimum absolute atomic E-state index is 1.03. The highest BCUT2D eigenvalue weighted by atomic mass is 127. The summed E-state index contributed by atoms with van der Waals surface area (Å²) in [5.41, 5.74) is 1.20. The van der Waals surface area contributed by atoms with Gasteiger partial charge in [0, 0.05) is 12.9 Å². The molecule has 0 bridgehead atoms. The molecule has 0 nitrogen and oxygen atoms in total. The van der Waals surface area contributed by atoms with Gasteiger partial charge >= 0.3 is 0 Å². The highest BCUT2D eigenvalue weighted by molar-refractivity contribution is 14.1. The Kier molecular flexibility index (Phi) is 3.06. The van der Waals surface area contributed by atoms with Crippen LogP contribution in [0.5, 0.6) is 0 Å². The molecule has 0 fully saturated rings. The summed E-state index contributed by atoms with van der Waals surface area (Å²) in [6, 6.07) is 4.13. The Bertz CT molecular complexity index is 233. The minimum atomic E-state index is 1.03. The molecule has 54 valence electrons. The molecule has 0 amide bonds. The van der Waals surface area contributed by atoms with Crippen molar-refractivity contribution in [2.24, 2.45) is 0 Å². The van der Waals surface area contributed by atoms with Gasteiger partial charge in [-0.05, 0) is 57.1 Å². The molecule has 0 aliphatic rings. The SMILES string of the molecule is Cc1ccc(I)c(Br)c1S. The van der Waals surface area contributed by atoms with Crippen LogP contribution < -0.4 is 0 Å². The van der Waals surface area contributed by atoms with Crippen LogP contribution in [0.2, 0.25) is 0 Å². The zero-order chi connectivity index (χ0) is 7.72. The summed E-state index contributed by atoms with van der Waals surface area (Å²) < 4.78 is 2.30. The fraction of sp³-hybridized carbons (Fsp3) is 0.143.